The van der Waals surface area contributed by atoms with Crippen molar-refractivity contribution in [3.63, 3.8) is 0 Å². The third kappa shape index (κ3) is 7.85. The van der Waals surface area contributed by atoms with Crippen LogP contribution in [0.1, 0.15) is 31.7 Å². The van der Waals surface area contributed by atoms with Gasteiger partial charge in [0.15, 0.2) is 5.96 Å². The summed E-state index contributed by atoms with van der Waals surface area (Å²) in [6.07, 6.45) is 5.30. The van der Waals surface area contributed by atoms with Gasteiger partial charge in [0.2, 0.25) is 5.91 Å². The van der Waals surface area contributed by atoms with Crippen molar-refractivity contribution in [2.24, 2.45) is 10.9 Å². The largest absolute Gasteiger partial charge is 0.357 e. The zero-order valence-corrected chi connectivity index (χ0v) is 18.2. The monoisotopic (exact) mass is 476 g/mol. The number of thioether (sulfide) groups is 1. The zero-order chi connectivity index (χ0) is 17.2. The summed E-state index contributed by atoms with van der Waals surface area (Å²) in [5.41, 5.74) is 1.95. The first-order valence-electron chi connectivity index (χ1n) is 8.64. The summed E-state index contributed by atoms with van der Waals surface area (Å²) in [6, 6.07) is 7.94. The van der Waals surface area contributed by atoms with E-state index in [0.717, 1.165) is 48.9 Å². The highest BCUT2D eigenvalue weighted by atomic mass is 127. The number of carbonyl (C=O) groups is 1. The van der Waals surface area contributed by atoms with Gasteiger partial charge in [-0.2, -0.15) is 11.8 Å². The van der Waals surface area contributed by atoms with E-state index in [2.05, 4.69) is 34.1 Å². The van der Waals surface area contributed by atoms with Gasteiger partial charge >= 0.3 is 0 Å². The Balaban J connectivity index is 0.00000312. The number of benzene rings is 1. The van der Waals surface area contributed by atoms with Gasteiger partial charge in [0, 0.05) is 30.4 Å². The molecule has 1 saturated carbocycles. The number of aliphatic imine (C=N–C) groups is 1. The molecule has 1 aromatic carbocycles. The highest BCUT2D eigenvalue weighted by molar-refractivity contribution is 14.0. The van der Waals surface area contributed by atoms with E-state index in [0.29, 0.717) is 6.54 Å². The molecule has 0 heterocycles. The highest BCUT2D eigenvalue weighted by Crippen LogP contribution is 2.27. The summed E-state index contributed by atoms with van der Waals surface area (Å²) in [4.78, 5) is 16.7. The van der Waals surface area contributed by atoms with E-state index >= 15 is 0 Å². The van der Waals surface area contributed by atoms with Crippen LogP contribution in [0, 0.1) is 5.92 Å². The Morgan fingerprint density at radius 2 is 2.12 bits per heavy atom. The normalized spacial score (nSPS) is 14.2. The molecule has 0 aromatic heterocycles. The second-order valence-corrected chi connectivity index (χ2v) is 6.92. The molecule has 2 rings (SSSR count). The number of hydrogen-bond acceptors (Lipinski definition) is 3. The average molecular weight is 476 g/mol. The van der Waals surface area contributed by atoms with Crippen molar-refractivity contribution in [3.8, 4) is 0 Å². The lowest BCUT2D eigenvalue weighted by Crippen LogP contribution is -2.38. The van der Waals surface area contributed by atoms with Gasteiger partial charge in [0.05, 0.1) is 6.54 Å². The first-order chi connectivity index (χ1) is 11.7. The third-order valence-electron chi connectivity index (χ3n) is 4.03. The minimum absolute atomic E-state index is 0. The molecule has 0 atom stereocenters. The van der Waals surface area contributed by atoms with E-state index in [9.17, 15) is 4.79 Å². The molecule has 140 valence electrons. The van der Waals surface area contributed by atoms with Gasteiger partial charge in [-0.05, 0) is 43.7 Å². The smallest absolute Gasteiger partial charge is 0.227 e. The Kier molecular flexibility index (Phi) is 11.0. The Morgan fingerprint density at radius 3 is 2.76 bits per heavy atom. The first kappa shape index (κ1) is 22.1. The van der Waals surface area contributed by atoms with E-state index in [1.54, 1.807) is 0 Å². The van der Waals surface area contributed by atoms with Crippen LogP contribution in [0.25, 0.3) is 0 Å². The van der Waals surface area contributed by atoms with Crippen molar-refractivity contribution in [2.75, 3.05) is 30.4 Å². The number of amides is 1. The second-order valence-electron chi connectivity index (χ2n) is 5.93. The van der Waals surface area contributed by atoms with E-state index in [4.69, 9.17) is 0 Å². The predicted octanol–water partition coefficient (Wildman–Crippen LogP) is 3.46. The van der Waals surface area contributed by atoms with Gasteiger partial charge in [-0.25, -0.2) is 4.99 Å². The Hall–Kier alpha value is -0.960. The van der Waals surface area contributed by atoms with Gasteiger partial charge in [-0.3, -0.25) is 4.79 Å². The Labute approximate surface area is 172 Å². The third-order valence-corrected chi connectivity index (χ3v) is 4.65. The van der Waals surface area contributed by atoms with E-state index in [1.807, 2.05) is 36.0 Å². The average Bonchev–Trinajstić information content (AvgIpc) is 2.51. The number of nitrogens with zero attached hydrogens (tertiary/aromatic N) is 1. The number of carbonyl (C=O) groups excluding carboxylic acids is 1. The molecule has 5 nitrogen and oxygen atoms in total. The van der Waals surface area contributed by atoms with Gasteiger partial charge in [0.25, 0.3) is 0 Å². The van der Waals surface area contributed by atoms with Crippen molar-refractivity contribution >= 4 is 53.3 Å². The summed E-state index contributed by atoms with van der Waals surface area (Å²) >= 11 is 1.81. The van der Waals surface area contributed by atoms with Crippen LogP contribution in [-0.4, -0.2) is 37.0 Å². The molecule has 3 N–H and O–H groups in total. The number of nitrogens with one attached hydrogen (secondary N) is 3. The summed E-state index contributed by atoms with van der Waals surface area (Å²) < 4.78 is 0. The standard InChI is InChI=1S/C18H28N4OS.HI/c1-3-19-18(20-10-11-24-2)21-13-14-6-4-9-16(12-14)22-17(23)15-7-5-8-15;/h4,6,9,12,15H,3,5,7-8,10-11,13H2,1-2H3,(H,22,23)(H2,19,20,21);1H. The van der Waals surface area contributed by atoms with E-state index in [1.165, 1.54) is 6.42 Å². The molecule has 1 aromatic rings. The lowest BCUT2D eigenvalue weighted by molar-refractivity contribution is -0.122. The molecule has 0 aliphatic heterocycles. The van der Waals surface area contributed by atoms with Crippen LogP contribution in [0.3, 0.4) is 0 Å². The maximum atomic E-state index is 12.0. The SMILES string of the molecule is CCNC(=NCc1cccc(NC(=O)C2CCC2)c1)NCCSC.I. The Bertz CT molecular complexity index is 564. The number of hydrogen-bond donors (Lipinski definition) is 3. The maximum absolute atomic E-state index is 12.0. The van der Waals surface area contributed by atoms with Crippen LogP contribution in [-0.2, 0) is 11.3 Å². The lowest BCUT2D eigenvalue weighted by Gasteiger charge is -2.24. The molecular formula is C18H29IN4OS. The summed E-state index contributed by atoms with van der Waals surface area (Å²) in [6.45, 7) is 4.37. The molecule has 1 aliphatic rings. The molecule has 1 amide bonds. The fraction of sp³-hybridized carbons (Fsp3) is 0.556. The lowest BCUT2D eigenvalue weighted by atomic mass is 9.85. The second kappa shape index (κ2) is 12.4. The molecule has 0 spiro atoms. The van der Waals surface area contributed by atoms with Crippen LogP contribution < -0.4 is 16.0 Å². The number of anilines is 1. The molecule has 0 bridgehead atoms. The molecular weight excluding hydrogens is 447 g/mol. The van der Waals surface area contributed by atoms with Gasteiger partial charge in [0.1, 0.15) is 0 Å². The van der Waals surface area contributed by atoms with Gasteiger partial charge in [-0.1, -0.05) is 18.6 Å². The van der Waals surface area contributed by atoms with Crippen molar-refractivity contribution in [1.29, 1.82) is 0 Å². The van der Waals surface area contributed by atoms with Crippen LogP contribution in [0.15, 0.2) is 29.3 Å². The summed E-state index contributed by atoms with van der Waals surface area (Å²) in [5, 5.41) is 9.58. The van der Waals surface area contributed by atoms with E-state index < -0.39 is 0 Å². The molecule has 1 aliphatic carbocycles. The first-order valence-corrected chi connectivity index (χ1v) is 10.0. The fourth-order valence-electron chi connectivity index (χ4n) is 2.45. The minimum atomic E-state index is 0. The van der Waals surface area contributed by atoms with Crippen LogP contribution in [0.2, 0.25) is 0 Å². The topological polar surface area (TPSA) is 65.5 Å². The minimum Gasteiger partial charge on any atom is -0.357 e. The molecule has 7 heteroatoms. The summed E-state index contributed by atoms with van der Waals surface area (Å²) in [7, 11) is 0. The van der Waals surface area contributed by atoms with Crippen molar-refractivity contribution < 1.29 is 4.79 Å². The number of halogens is 1. The molecule has 0 unspecified atom stereocenters. The summed E-state index contributed by atoms with van der Waals surface area (Å²) in [5.74, 6) is 2.23. The van der Waals surface area contributed by atoms with Crippen molar-refractivity contribution in [2.45, 2.75) is 32.7 Å². The Morgan fingerprint density at radius 1 is 1.32 bits per heavy atom. The fourth-order valence-corrected chi connectivity index (χ4v) is 2.75. The van der Waals surface area contributed by atoms with Crippen LogP contribution in [0.5, 0.6) is 0 Å². The molecule has 25 heavy (non-hydrogen) atoms. The molecule has 1 fully saturated rings. The highest BCUT2D eigenvalue weighted by Gasteiger charge is 2.25. The number of guanidine groups is 1. The molecule has 0 saturated heterocycles. The number of rotatable bonds is 8. The quantitative estimate of drug-likeness (QED) is 0.233. The maximum Gasteiger partial charge on any atom is 0.227 e. The predicted molar refractivity (Wildman–Crippen MR) is 119 cm³/mol. The van der Waals surface area contributed by atoms with Crippen molar-refractivity contribution in [1.82, 2.24) is 10.6 Å². The van der Waals surface area contributed by atoms with Crippen LogP contribution >= 0.6 is 35.7 Å². The van der Waals surface area contributed by atoms with Gasteiger partial charge in [-0.15, -0.1) is 24.0 Å². The van der Waals surface area contributed by atoms with Crippen LogP contribution in [0.4, 0.5) is 5.69 Å². The van der Waals surface area contributed by atoms with Crippen molar-refractivity contribution in [3.05, 3.63) is 29.8 Å². The van der Waals surface area contributed by atoms with Gasteiger partial charge < -0.3 is 16.0 Å². The molecule has 0 radical (unpaired) electrons. The zero-order valence-electron chi connectivity index (χ0n) is 15.0. The van der Waals surface area contributed by atoms with E-state index in [-0.39, 0.29) is 35.8 Å².